The molecule has 0 aliphatic heterocycles. The Bertz CT molecular complexity index is 1140. The fraction of sp³-hybridized carbons (Fsp3) is 0.300. The lowest BCUT2D eigenvalue weighted by atomic mass is 10.1. The highest BCUT2D eigenvalue weighted by Crippen LogP contribution is 2.34. The largest absolute Gasteiger partial charge is 0.416 e. The predicted octanol–water partition coefficient (Wildman–Crippen LogP) is 4.55. The number of pyridine rings is 1. The van der Waals surface area contributed by atoms with Crippen LogP contribution in [0.15, 0.2) is 30.5 Å². The Morgan fingerprint density at radius 2 is 1.80 bits per heavy atom. The molecule has 0 radical (unpaired) electrons. The maximum absolute atomic E-state index is 13.1. The van der Waals surface area contributed by atoms with Gasteiger partial charge in [0.1, 0.15) is 0 Å². The van der Waals surface area contributed by atoms with Crippen LogP contribution in [-0.2, 0) is 11.0 Å². The van der Waals surface area contributed by atoms with Crippen molar-refractivity contribution >= 4 is 34.2 Å². The highest BCUT2D eigenvalue weighted by atomic mass is 19.4. The van der Waals surface area contributed by atoms with Crippen molar-refractivity contribution in [2.45, 2.75) is 39.9 Å². The monoisotopic (exact) mass is 419 g/mol. The summed E-state index contributed by atoms with van der Waals surface area (Å²) in [5.41, 5.74) is 0.144. The van der Waals surface area contributed by atoms with Crippen LogP contribution < -0.4 is 10.6 Å². The Hall–Kier alpha value is -3.43. The number of aryl methyl sites for hydroxylation is 1. The molecule has 2 amide bonds. The Morgan fingerprint density at radius 1 is 1.10 bits per heavy atom. The zero-order valence-corrected chi connectivity index (χ0v) is 16.8. The molecule has 3 aromatic rings. The number of carbonyl (C=O) groups excluding carboxylic acids is 2. The summed E-state index contributed by atoms with van der Waals surface area (Å²) in [4.78, 5) is 28.7. The number of aromatic nitrogens is 3. The van der Waals surface area contributed by atoms with Gasteiger partial charge >= 0.3 is 6.18 Å². The van der Waals surface area contributed by atoms with Gasteiger partial charge in [0.15, 0.2) is 5.65 Å². The zero-order chi connectivity index (χ0) is 22.2. The second-order valence-electron chi connectivity index (χ2n) is 7.11. The van der Waals surface area contributed by atoms with E-state index in [1.807, 2.05) is 13.8 Å². The standard InChI is InChI=1S/C20H20F3N5O2/c1-10(2)28-18-13(9-24-28)7-15(11(3)25-18)19(30)27-17-8-14(20(21,22)23)5-6-16(17)26-12(4)29/h5-10H,1-4H3,(H,26,29)(H,27,30). The second-order valence-corrected chi connectivity index (χ2v) is 7.11. The van der Waals surface area contributed by atoms with Gasteiger partial charge in [0.05, 0.1) is 34.4 Å². The summed E-state index contributed by atoms with van der Waals surface area (Å²) in [6.45, 7) is 6.74. The number of nitrogens with one attached hydrogen (secondary N) is 2. The predicted molar refractivity (Wildman–Crippen MR) is 106 cm³/mol. The topological polar surface area (TPSA) is 88.9 Å². The van der Waals surface area contributed by atoms with Gasteiger partial charge in [0.25, 0.3) is 5.91 Å². The van der Waals surface area contributed by atoms with E-state index in [1.54, 1.807) is 23.9 Å². The van der Waals surface area contributed by atoms with E-state index in [-0.39, 0.29) is 23.0 Å². The molecule has 2 heterocycles. The first-order valence-corrected chi connectivity index (χ1v) is 9.12. The molecule has 0 bridgehead atoms. The minimum atomic E-state index is -4.60. The first-order chi connectivity index (χ1) is 14.0. The average Bonchev–Trinajstić information content (AvgIpc) is 3.04. The van der Waals surface area contributed by atoms with Crippen LogP contribution in [0.1, 0.15) is 48.4 Å². The Kier molecular flexibility index (Phi) is 5.51. The van der Waals surface area contributed by atoms with Crippen LogP contribution in [0.3, 0.4) is 0 Å². The number of halogens is 3. The van der Waals surface area contributed by atoms with Crippen molar-refractivity contribution in [3.8, 4) is 0 Å². The van der Waals surface area contributed by atoms with Gasteiger partial charge in [-0.2, -0.15) is 18.3 Å². The summed E-state index contributed by atoms with van der Waals surface area (Å²) in [6, 6.07) is 4.37. The van der Waals surface area contributed by atoms with E-state index in [0.717, 1.165) is 18.2 Å². The molecule has 7 nitrogen and oxygen atoms in total. The van der Waals surface area contributed by atoms with Crippen molar-refractivity contribution in [2.75, 3.05) is 10.6 Å². The maximum atomic E-state index is 13.1. The van der Waals surface area contributed by atoms with E-state index in [2.05, 4.69) is 20.7 Å². The third-order valence-electron chi connectivity index (χ3n) is 4.40. The van der Waals surface area contributed by atoms with Crippen LogP contribution in [0.25, 0.3) is 11.0 Å². The van der Waals surface area contributed by atoms with Crippen LogP contribution in [-0.4, -0.2) is 26.6 Å². The summed E-state index contributed by atoms with van der Waals surface area (Å²) < 4.78 is 41.0. The molecule has 2 N–H and O–H groups in total. The third-order valence-corrected chi connectivity index (χ3v) is 4.40. The molecule has 0 saturated heterocycles. The normalized spacial score (nSPS) is 11.7. The van der Waals surface area contributed by atoms with Crippen LogP contribution in [0.4, 0.5) is 24.5 Å². The van der Waals surface area contributed by atoms with Crippen LogP contribution >= 0.6 is 0 Å². The second kappa shape index (κ2) is 7.77. The quantitative estimate of drug-likeness (QED) is 0.649. The van der Waals surface area contributed by atoms with Crippen molar-refractivity contribution in [2.24, 2.45) is 0 Å². The molecule has 0 atom stereocenters. The molecular weight excluding hydrogens is 399 g/mol. The number of anilines is 2. The Labute approximate surface area is 170 Å². The molecule has 0 aliphatic rings. The van der Waals surface area contributed by atoms with E-state index in [1.165, 1.54) is 6.92 Å². The lowest BCUT2D eigenvalue weighted by molar-refractivity contribution is -0.137. The van der Waals surface area contributed by atoms with Gasteiger partial charge in [0, 0.05) is 18.4 Å². The van der Waals surface area contributed by atoms with Crippen LogP contribution in [0.2, 0.25) is 0 Å². The highest BCUT2D eigenvalue weighted by molar-refractivity contribution is 6.09. The molecule has 0 saturated carbocycles. The van der Waals surface area contributed by atoms with Crippen molar-refractivity contribution in [1.82, 2.24) is 14.8 Å². The molecule has 0 fully saturated rings. The van der Waals surface area contributed by atoms with Gasteiger partial charge in [0.2, 0.25) is 5.91 Å². The van der Waals surface area contributed by atoms with Gasteiger partial charge in [-0.15, -0.1) is 0 Å². The number of alkyl halides is 3. The zero-order valence-electron chi connectivity index (χ0n) is 16.8. The first-order valence-electron chi connectivity index (χ1n) is 9.12. The summed E-state index contributed by atoms with van der Waals surface area (Å²) in [7, 11) is 0. The molecule has 30 heavy (non-hydrogen) atoms. The van der Waals surface area contributed by atoms with E-state index < -0.39 is 23.6 Å². The van der Waals surface area contributed by atoms with Crippen molar-refractivity contribution < 1.29 is 22.8 Å². The number of benzene rings is 1. The van der Waals surface area contributed by atoms with Crippen molar-refractivity contribution in [1.29, 1.82) is 0 Å². The number of hydrogen-bond donors (Lipinski definition) is 2. The smallest absolute Gasteiger partial charge is 0.325 e. The van der Waals surface area contributed by atoms with Crippen molar-refractivity contribution in [3.05, 3.63) is 47.3 Å². The first kappa shape index (κ1) is 21.3. The number of amides is 2. The molecule has 3 rings (SSSR count). The minimum Gasteiger partial charge on any atom is -0.325 e. The lowest BCUT2D eigenvalue weighted by Gasteiger charge is -2.15. The SMILES string of the molecule is CC(=O)Nc1ccc(C(F)(F)F)cc1NC(=O)c1cc2cnn(C(C)C)c2nc1C. The van der Waals surface area contributed by atoms with Crippen LogP contribution in [0.5, 0.6) is 0 Å². The number of rotatable bonds is 4. The molecule has 10 heteroatoms. The lowest BCUT2D eigenvalue weighted by Crippen LogP contribution is -2.18. The molecule has 0 aliphatic carbocycles. The van der Waals surface area contributed by atoms with Crippen LogP contribution in [0, 0.1) is 6.92 Å². The summed E-state index contributed by atoms with van der Waals surface area (Å²) in [5, 5.41) is 9.76. The third kappa shape index (κ3) is 4.27. The maximum Gasteiger partial charge on any atom is 0.416 e. The van der Waals surface area contributed by atoms with E-state index in [0.29, 0.717) is 16.7 Å². The molecule has 0 unspecified atom stereocenters. The van der Waals surface area contributed by atoms with Gasteiger partial charge in [-0.3, -0.25) is 9.59 Å². The van der Waals surface area contributed by atoms with E-state index in [4.69, 9.17) is 0 Å². The van der Waals surface area contributed by atoms with E-state index >= 15 is 0 Å². The fourth-order valence-electron chi connectivity index (χ4n) is 2.99. The minimum absolute atomic E-state index is 0.0585. The van der Waals surface area contributed by atoms with Crippen molar-refractivity contribution in [3.63, 3.8) is 0 Å². The Morgan fingerprint density at radius 3 is 2.40 bits per heavy atom. The summed E-state index contributed by atoms with van der Waals surface area (Å²) in [6.07, 6.45) is -3.03. The summed E-state index contributed by atoms with van der Waals surface area (Å²) in [5.74, 6) is -1.13. The number of hydrogen-bond acceptors (Lipinski definition) is 4. The number of carbonyl (C=O) groups is 2. The molecular formula is C20H20F3N5O2. The van der Waals surface area contributed by atoms with Gasteiger partial charge in [-0.1, -0.05) is 0 Å². The molecule has 0 spiro atoms. The Balaban J connectivity index is 2.00. The number of fused-ring (bicyclic) bond motifs is 1. The average molecular weight is 419 g/mol. The fourth-order valence-corrected chi connectivity index (χ4v) is 2.99. The molecule has 158 valence electrons. The van der Waals surface area contributed by atoms with Gasteiger partial charge < -0.3 is 10.6 Å². The van der Waals surface area contributed by atoms with Gasteiger partial charge in [-0.05, 0) is 45.0 Å². The molecule has 1 aromatic carbocycles. The van der Waals surface area contributed by atoms with Gasteiger partial charge in [-0.25, -0.2) is 9.67 Å². The summed E-state index contributed by atoms with van der Waals surface area (Å²) >= 11 is 0. The molecule has 2 aromatic heterocycles. The number of nitrogens with zero attached hydrogens (tertiary/aromatic N) is 3. The highest BCUT2D eigenvalue weighted by Gasteiger charge is 2.31. The van der Waals surface area contributed by atoms with E-state index in [9.17, 15) is 22.8 Å².